The molecule has 20 heavy (non-hydrogen) atoms. The Morgan fingerprint density at radius 1 is 1.35 bits per heavy atom. The number of hydrogen-bond acceptors (Lipinski definition) is 5. The fourth-order valence-corrected chi connectivity index (χ4v) is 3.16. The highest BCUT2D eigenvalue weighted by atomic mass is 32.2. The molecule has 0 bridgehead atoms. The zero-order valence-electron chi connectivity index (χ0n) is 9.89. The molecule has 0 fully saturated rings. The molecule has 0 aromatic heterocycles. The first-order valence-electron chi connectivity index (χ1n) is 5.14. The molecule has 110 valence electrons. The molecule has 1 aromatic carbocycles. The first kappa shape index (κ1) is 14.6. The molecule has 0 amide bonds. The topological polar surface area (TPSA) is 81.7 Å². The highest BCUT2D eigenvalue weighted by Crippen LogP contribution is 2.35. The molecule has 1 unspecified atom stereocenters. The molecule has 10 heteroatoms. The largest absolute Gasteiger partial charge is 0.573 e. The maximum Gasteiger partial charge on any atom is 0.573 e. The van der Waals surface area contributed by atoms with Crippen LogP contribution < -0.4 is 9.46 Å². The monoisotopic (exact) mass is 311 g/mol. The SMILES string of the molecule is COC(=O)C1NS(=O)(=O)c2ccc(OC(F)(F)F)cc21. The summed E-state index contributed by atoms with van der Waals surface area (Å²) in [6, 6.07) is 1.23. The van der Waals surface area contributed by atoms with Crippen molar-refractivity contribution in [2.75, 3.05) is 7.11 Å². The van der Waals surface area contributed by atoms with Gasteiger partial charge in [0.15, 0.2) is 0 Å². The molecule has 0 aliphatic carbocycles. The Bertz CT molecular complexity index is 655. The van der Waals surface area contributed by atoms with E-state index in [9.17, 15) is 26.4 Å². The van der Waals surface area contributed by atoms with Crippen molar-refractivity contribution in [2.24, 2.45) is 0 Å². The fourth-order valence-electron chi connectivity index (χ4n) is 1.77. The van der Waals surface area contributed by atoms with Gasteiger partial charge in [-0.1, -0.05) is 0 Å². The van der Waals surface area contributed by atoms with Crippen LogP contribution in [0, 0.1) is 0 Å². The summed E-state index contributed by atoms with van der Waals surface area (Å²) in [7, 11) is -2.93. The Kier molecular flexibility index (Phi) is 3.38. The van der Waals surface area contributed by atoms with E-state index in [1.165, 1.54) is 0 Å². The van der Waals surface area contributed by atoms with E-state index < -0.39 is 34.1 Å². The molecular weight excluding hydrogens is 303 g/mol. The number of alkyl halides is 3. The van der Waals surface area contributed by atoms with E-state index in [-0.39, 0.29) is 10.5 Å². The molecule has 0 radical (unpaired) electrons. The number of halogens is 3. The lowest BCUT2D eigenvalue weighted by Gasteiger charge is -2.11. The number of benzene rings is 1. The lowest BCUT2D eigenvalue weighted by atomic mass is 10.1. The Hall–Kier alpha value is -1.81. The number of rotatable bonds is 2. The van der Waals surface area contributed by atoms with Crippen molar-refractivity contribution < 1.29 is 35.9 Å². The molecule has 0 saturated carbocycles. The average Bonchev–Trinajstić information content (AvgIpc) is 2.58. The van der Waals surface area contributed by atoms with Crippen LogP contribution in [0.5, 0.6) is 5.75 Å². The molecule has 0 spiro atoms. The maximum atomic E-state index is 12.1. The van der Waals surface area contributed by atoms with Crippen molar-refractivity contribution in [2.45, 2.75) is 17.3 Å². The van der Waals surface area contributed by atoms with Crippen LogP contribution >= 0.6 is 0 Å². The second-order valence-corrected chi connectivity index (χ2v) is 5.51. The van der Waals surface area contributed by atoms with Crippen molar-refractivity contribution in [3.05, 3.63) is 23.8 Å². The van der Waals surface area contributed by atoms with Crippen LogP contribution in [0.15, 0.2) is 23.1 Å². The van der Waals surface area contributed by atoms with Gasteiger partial charge >= 0.3 is 12.3 Å². The molecule has 0 saturated heterocycles. The number of sulfonamides is 1. The third-order valence-electron chi connectivity index (χ3n) is 2.53. The number of fused-ring (bicyclic) bond motifs is 1. The van der Waals surface area contributed by atoms with Crippen molar-refractivity contribution in [3.63, 3.8) is 0 Å². The zero-order chi connectivity index (χ0) is 15.1. The predicted octanol–water partition coefficient (Wildman–Crippen LogP) is 1.09. The minimum atomic E-state index is -4.92. The lowest BCUT2D eigenvalue weighted by Crippen LogP contribution is -2.27. The third-order valence-corrected chi connectivity index (χ3v) is 4.02. The first-order chi connectivity index (χ1) is 9.14. The van der Waals surface area contributed by atoms with Crippen LogP contribution in [-0.4, -0.2) is 27.9 Å². The van der Waals surface area contributed by atoms with Crippen LogP contribution in [0.25, 0.3) is 0 Å². The molecule has 1 aliphatic rings. The van der Waals surface area contributed by atoms with Crippen LogP contribution in [0.1, 0.15) is 11.6 Å². The standard InChI is InChI=1S/C10H8F3NO5S/c1-18-9(15)8-6-4-5(19-10(11,12)13)2-3-7(6)20(16,17)14-8/h2-4,8,14H,1H3. The maximum absolute atomic E-state index is 12.1. The summed E-state index contributed by atoms with van der Waals surface area (Å²) < 4.78 is 69.8. The molecule has 1 N–H and O–H groups in total. The summed E-state index contributed by atoms with van der Waals surface area (Å²) in [6.07, 6.45) is -4.92. The minimum absolute atomic E-state index is 0.154. The molecule has 1 heterocycles. The molecular formula is C10H8F3NO5S. The Labute approximate surface area is 111 Å². The van der Waals surface area contributed by atoms with E-state index >= 15 is 0 Å². The number of ether oxygens (including phenoxy) is 2. The minimum Gasteiger partial charge on any atom is -0.468 e. The van der Waals surface area contributed by atoms with Gasteiger partial charge in [-0.3, -0.25) is 0 Å². The van der Waals surface area contributed by atoms with E-state index in [2.05, 4.69) is 9.47 Å². The Balaban J connectivity index is 2.48. The summed E-state index contributed by atoms with van der Waals surface area (Å²) in [4.78, 5) is 11.2. The summed E-state index contributed by atoms with van der Waals surface area (Å²) in [5.74, 6) is -1.56. The van der Waals surface area contributed by atoms with Crippen molar-refractivity contribution in [3.8, 4) is 5.75 Å². The Morgan fingerprint density at radius 3 is 2.55 bits per heavy atom. The number of hydrogen-bond donors (Lipinski definition) is 1. The van der Waals surface area contributed by atoms with E-state index in [1.807, 2.05) is 4.72 Å². The summed E-state index contributed by atoms with van der Waals surface area (Å²) in [6.45, 7) is 0. The van der Waals surface area contributed by atoms with E-state index in [0.29, 0.717) is 0 Å². The quantitative estimate of drug-likeness (QED) is 0.827. The number of carbonyl (C=O) groups excluding carboxylic acids is 1. The molecule has 6 nitrogen and oxygen atoms in total. The van der Waals surface area contributed by atoms with Gasteiger partial charge in [0.1, 0.15) is 11.8 Å². The molecule has 2 rings (SSSR count). The number of methoxy groups -OCH3 is 1. The summed E-state index contributed by atoms with van der Waals surface area (Å²) in [5.41, 5.74) is -0.154. The van der Waals surface area contributed by atoms with Gasteiger partial charge in [0.2, 0.25) is 10.0 Å². The van der Waals surface area contributed by atoms with Gasteiger partial charge in [0.05, 0.1) is 12.0 Å². The predicted molar refractivity (Wildman–Crippen MR) is 58.2 cm³/mol. The Morgan fingerprint density at radius 2 is 2.00 bits per heavy atom. The van der Waals surface area contributed by atoms with Crippen LogP contribution in [-0.2, 0) is 19.6 Å². The lowest BCUT2D eigenvalue weighted by molar-refractivity contribution is -0.274. The molecule has 1 aromatic rings. The number of esters is 1. The van der Waals surface area contributed by atoms with Gasteiger partial charge in [-0.15, -0.1) is 13.2 Å². The highest BCUT2D eigenvalue weighted by Gasteiger charge is 2.40. The van der Waals surface area contributed by atoms with Gasteiger partial charge in [-0.2, -0.15) is 4.72 Å². The summed E-state index contributed by atoms with van der Waals surface area (Å²) >= 11 is 0. The van der Waals surface area contributed by atoms with Crippen LogP contribution in [0.2, 0.25) is 0 Å². The van der Waals surface area contributed by atoms with Gasteiger partial charge in [-0.25, -0.2) is 13.2 Å². The average molecular weight is 311 g/mol. The van der Waals surface area contributed by atoms with E-state index in [4.69, 9.17) is 0 Å². The van der Waals surface area contributed by atoms with E-state index in [0.717, 1.165) is 25.3 Å². The molecule has 1 aliphatic heterocycles. The number of carbonyl (C=O) groups is 1. The van der Waals surface area contributed by atoms with Gasteiger partial charge in [-0.05, 0) is 18.2 Å². The normalized spacial score (nSPS) is 20.3. The second-order valence-electron chi connectivity index (χ2n) is 3.82. The van der Waals surface area contributed by atoms with Crippen molar-refractivity contribution in [1.82, 2.24) is 4.72 Å². The van der Waals surface area contributed by atoms with Crippen molar-refractivity contribution >= 4 is 16.0 Å². The van der Waals surface area contributed by atoms with Gasteiger partial charge in [0.25, 0.3) is 0 Å². The summed E-state index contributed by atoms with van der Waals surface area (Å²) in [5, 5.41) is 0. The fraction of sp³-hybridized carbons (Fsp3) is 0.300. The smallest absolute Gasteiger partial charge is 0.468 e. The van der Waals surface area contributed by atoms with Gasteiger partial charge in [0, 0.05) is 5.56 Å². The number of nitrogens with one attached hydrogen (secondary N) is 1. The zero-order valence-corrected chi connectivity index (χ0v) is 10.7. The van der Waals surface area contributed by atoms with Gasteiger partial charge < -0.3 is 9.47 Å². The third kappa shape index (κ3) is 2.70. The molecule has 1 atom stereocenters. The van der Waals surface area contributed by atoms with Crippen LogP contribution in [0.3, 0.4) is 0 Å². The van der Waals surface area contributed by atoms with E-state index in [1.54, 1.807) is 0 Å². The first-order valence-corrected chi connectivity index (χ1v) is 6.62. The van der Waals surface area contributed by atoms with Crippen molar-refractivity contribution in [1.29, 1.82) is 0 Å². The highest BCUT2D eigenvalue weighted by molar-refractivity contribution is 7.89. The second kappa shape index (κ2) is 4.63. The van der Waals surface area contributed by atoms with Crippen LogP contribution in [0.4, 0.5) is 13.2 Å².